The third-order valence-corrected chi connectivity index (χ3v) is 2.91. The number of rotatable bonds is 7. The second-order valence-electron chi connectivity index (χ2n) is 4.53. The molecule has 0 aliphatic rings. The summed E-state index contributed by atoms with van der Waals surface area (Å²) in [5, 5.41) is 12.4. The Morgan fingerprint density at radius 2 is 2.15 bits per heavy atom. The Bertz CT molecular complexity index is 544. The first kappa shape index (κ1) is 14.3. The van der Waals surface area contributed by atoms with Gasteiger partial charge in [-0.05, 0) is 30.2 Å². The van der Waals surface area contributed by atoms with Crippen LogP contribution in [0.1, 0.15) is 24.5 Å². The Morgan fingerprint density at radius 3 is 2.95 bits per heavy atom. The molecule has 0 bridgehead atoms. The summed E-state index contributed by atoms with van der Waals surface area (Å²) in [6.45, 7) is 3.48. The molecule has 2 aromatic rings. The van der Waals surface area contributed by atoms with Crippen LogP contribution in [-0.2, 0) is 13.2 Å². The lowest BCUT2D eigenvalue weighted by atomic mass is 10.2. The van der Waals surface area contributed by atoms with E-state index in [0.29, 0.717) is 6.61 Å². The largest absolute Gasteiger partial charge is 0.489 e. The molecular weight excluding hydrogens is 252 g/mol. The summed E-state index contributed by atoms with van der Waals surface area (Å²) in [6, 6.07) is 11.4. The van der Waals surface area contributed by atoms with E-state index in [1.807, 2.05) is 36.4 Å². The van der Waals surface area contributed by atoms with Crippen LogP contribution >= 0.6 is 0 Å². The van der Waals surface area contributed by atoms with Gasteiger partial charge in [0.25, 0.3) is 0 Å². The minimum absolute atomic E-state index is 0.0212. The summed E-state index contributed by atoms with van der Waals surface area (Å²) in [4.78, 5) is 4.33. The van der Waals surface area contributed by atoms with E-state index in [4.69, 9.17) is 9.84 Å². The molecule has 0 aliphatic carbocycles. The van der Waals surface area contributed by atoms with Crippen molar-refractivity contribution in [3.05, 3.63) is 53.7 Å². The molecule has 2 N–H and O–H groups in total. The summed E-state index contributed by atoms with van der Waals surface area (Å²) in [5.74, 6) is 1.62. The third kappa shape index (κ3) is 3.96. The van der Waals surface area contributed by atoms with Crippen molar-refractivity contribution < 1.29 is 9.84 Å². The van der Waals surface area contributed by atoms with Gasteiger partial charge in [0.2, 0.25) is 0 Å². The monoisotopic (exact) mass is 272 g/mol. The normalized spacial score (nSPS) is 10.3. The molecule has 0 aliphatic heterocycles. The van der Waals surface area contributed by atoms with Gasteiger partial charge in [-0.1, -0.05) is 25.1 Å². The van der Waals surface area contributed by atoms with Gasteiger partial charge >= 0.3 is 0 Å². The summed E-state index contributed by atoms with van der Waals surface area (Å²) in [5.41, 5.74) is 1.87. The Balaban J connectivity index is 2.02. The maximum absolute atomic E-state index is 9.11. The van der Waals surface area contributed by atoms with Crippen molar-refractivity contribution in [2.45, 2.75) is 26.6 Å². The zero-order chi connectivity index (χ0) is 14.2. The van der Waals surface area contributed by atoms with E-state index < -0.39 is 0 Å². The lowest BCUT2D eigenvalue weighted by molar-refractivity contribution is 0.278. The molecule has 0 amide bonds. The van der Waals surface area contributed by atoms with Crippen molar-refractivity contribution in [3.63, 3.8) is 0 Å². The summed E-state index contributed by atoms with van der Waals surface area (Å²) in [6.07, 6.45) is 2.82. The molecule has 1 aromatic carbocycles. The van der Waals surface area contributed by atoms with E-state index in [0.717, 1.165) is 35.7 Å². The average Bonchev–Trinajstić information content (AvgIpc) is 2.52. The SMILES string of the molecule is CCCNc1ncccc1COc1cccc(CO)c1. The van der Waals surface area contributed by atoms with Crippen LogP contribution in [0.2, 0.25) is 0 Å². The Labute approximate surface area is 119 Å². The lowest BCUT2D eigenvalue weighted by Gasteiger charge is -2.11. The number of anilines is 1. The number of aliphatic hydroxyl groups excluding tert-OH is 1. The molecule has 0 atom stereocenters. The number of aliphatic hydroxyl groups is 1. The zero-order valence-electron chi connectivity index (χ0n) is 11.7. The molecule has 20 heavy (non-hydrogen) atoms. The number of ether oxygens (including phenoxy) is 1. The number of hydrogen-bond donors (Lipinski definition) is 2. The molecule has 1 aromatic heterocycles. The smallest absolute Gasteiger partial charge is 0.132 e. The molecular formula is C16H20N2O2. The quantitative estimate of drug-likeness (QED) is 0.813. The number of nitrogens with zero attached hydrogens (tertiary/aromatic N) is 1. The highest BCUT2D eigenvalue weighted by atomic mass is 16.5. The fraction of sp³-hybridized carbons (Fsp3) is 0.312. The van der Waals surface area contributed by atoms with Gasteiger partial charge in [-0.3, -0.25) is 0 Å². The van der Waals surface area contributed by atoms with Crippen molar-refractivity contribution in [1.29, 1.82) is 0 Å². The van der Waals surface area contributed by atoms with Crippen molar-refractivity contribution in [1.82, 2.24) is 4.98 Å². The number of aromatic nitrogens is 1. The molecule has 106 valence electrons. The second-order valence-corrected chi connectivity index (χ2v) is 4.53. The summed E-state index contributed by atoms with van der Waals surface area (Å²) < 4.78 is 5.76. The number of benzene rings is 1. The lowest BCUT2D eigenvalue weighted by Crippen LogP contribution is -2.07. The van der Waals surface area contributed by atoms with Crippen LogP contribution in [0.25, 0.3) is 0 Å². The topological polar surface area (TPSA) is 54.4 Å². The van der Waals surface area contributed by atoms with Crippen molar-refractivity contribution in [3.8, 4) is 5.75 Å². The van der Waals surface area contributed by atoms with E-state index >= 15 is 0 Å². The molecule has 0 fully saturated rings. The molecule has 0 saturated carbocycles. The predicted octanol–water partition coefficient (Wildman–Crippen LogP) is 2.97. The van der Waals surface area contributed by atoms with Crippen LogP contribution in [-0.4, -0.2) is 16.6 Å². The molecule has 4 nitrogen and oxygen atoms in total. The van der Waals surface area contributed by atoms with Gasteiger partial charge in [0.1, 0.15) is 18.2 Å². The fourth-order valence-electron chi connectivity index (χ4n) is 1.85. The first-order valence-electron chi connectivity index (χ1n) is 6.84. The summed E-state index contributed by atoms with van der Waals surface area (Å²) >= 11 is 0. The molecule has 2 rings (SSSR count). The van der Waals surface area contributed by atoms with Crippen molar-refractivity contribution in [2.75, 3.05) is 11.9 Å². The maximum atomic E-state index is 9.11. The van der Waals surface area contributed by atoms with Crippen LogP contribution in [0.5, 0.6) is 5.75 Å². The number of hydrogen-bond acceptors (Lipinski definition) is 4. The first-order chi connectivity index (χ1) is 9.83. The average molecular weight is 272 g/mol. The highest BCUT2D eigenvalue weighted by Gasteiger charge is 2.04. The highest BCUT2D eigenvalue weighted by molar-refractivity contribution is 5.43. The molecule has 0 unspecified atom stereocenters. The molecule has 1 heterocycles. The van der Waals surface area contributed by atoms with E-state index in [1.165, 1.54) is 0 Å². The molecule has 4 heteroatoms. The molecule has 0 saturated heterocycles. The highest BCUT2D eigenvalue weighted by Crippen LogP contribution is 2.18. The van der Waals surface area contributed by atoms with Crippen molar-refractivity contribution in [2.24, 2.45) is 0 Å². The van der Waals surface area contributed by atoms with Gasteiger partial charge in [0.05, 0.1) is 6.61 Å². The Hall–Kier alpha value is -2.07. The number of pyridine rings is 1. The Kier molecular flexibility index (Phi) is 5.38. The third-order valence-electron chi connectivity index (χ3n) is 2.91. The fourth-order valence-corrected chi connectivity index (χ4v) is 1.85. The zero-order valence-corrected chi connectivity index (χ0v) is 11.7. The minimum Gasteiger partial charge on any atom is -0.489 e. The van der Waals surface area contributed by atoms with Gasteiger partial charge in [-0.25, -0.2) is 4.98 Å². The van der Waals surface area contributed by atoms with Gasteiger partial charge in [0, 0.05) is 18.3 Å². The minimum atomic E-state index is 0.0212. The van der Waals surface area contributed by atoms with Crippen molar-refractivity contribution >= 4 is 5.82 Å². The van der Waals surface area contributed by atoms with Crippen LogP contribution in [0.15, 0.2) is 42.6 Å². The standard InChI is InChI=1S/C16H20N2O2/c1-2-8-17-16-14(6-4-9-18-16)12-20-15-7-3-5-13(10-15)11-19/h3-7,9-10,19H,2,8,11-12H2,1H3,(H,17,18). The van der Waals surface area contributed by atoms with E-state index in [1.54, 1.807) is 6.20 Å². The molecule has 0 radical (unpaired) electrons. The maximum Gasteiger partial charge on any atom is 0.132 e. The van der Waals surface area contributed by atoms with Gasteiger partial charge in [0.15, 0.2) is 0 Å². The number of nitrogens with one attached hydrogen (secondary N) is 1. The van der Waals surface area contributed by atoms with Crippen LogP contribution in [0.3, 0.4) is 0 Å². The predicted molar refractivity (Wildman–Crippen MR) is 79.7 cm³/mol. The van der Waals surface area contributed by atoms with Crippen LogP contribution in [0.4, 0.5) is 5.82 Å². The van der Waals surface area contributed by atoms with Gasteiger partial charge in [-0.15, -0.1) is 0 Å². The van der Waals surface area contributed by atoms with E-state index in [-0.39, 0.29) is 6.61 Å². The van der Waals surface area contributed by atoms with Crippen LogP contribution < -0.4 is 10.1 Å². The Morgan fingerprint density at radius 1 is 1.25 bits per heavy atom. The molecule has 0 spiro atoms. The van der Waals surface area contributed by atoms with E-state index in [2.05, 4.69) is 17.2 Å². The first-order valence-corrected chi connectivity index (χ1v) is 6.84. The van der Waals surface area contributed by atoms with Crippen LogP contribution in [0, 0.1) is 0 Å². The summed E-state index contributed by atoms with van der Waals surface area (Å²) in [7, 11) is 0. The van der Waals surface area contributed by atoms with Gasteiger partial charge < -0.3 is 15.2 Å². The van der Waals surface area contributed by atoms with Gasteiger partial charge in [-0.2, -0.15) is 0 Å². The van der Waals surface area contributed by atoms with E-state index in [9.17, 15) is 0 Å². The second kappa shape index (κ2) is 7.50.